The van der Waals surface area contributed by atoms with Crippen LogP contribution in [-0.4, -0.2) is 11.0 Å². The van der Waals surface area contributed by atoms with Gasteiger partial charge in [0.15, 0.2) is 0 Å². The summed E-state index contributed by atoms with van der Waals surface area (Å²) >= 11 is 0. The second-order valence-electron chi connectivity index (χ2n) is 6.36. The fourth-order valence-corrected chi connectivity index (χ4v) is 2.40. The molecule has 12 heavy (non-hydrogen) atoms. The van der Waals surface area contributed by atoms with Crippen LogP contribution >= 0.6 is 0 Å². The quantitative estimate of drug-likeness (QED) is 0.552. The van der Waals surface area contributed by atoms with Crippen LogP contribution in [0.1, 0.15) is 54.4 Å². The van der Waals surface area contributed by atoms with Gasteiger partial charge in [-0.05, 0) is 40.1 Å². The molecule has 0 aromatic heterocycles. The van der Waals surface area contributed by atoms with E-state index >= 15 is 0 Å². The minimum atomic E-state index is 0. The fourth-order valence-electron chi connectivity index (χ4n) is 2.40. The van der Waals surface area contributed by atoms with Crippen molar-refractivity contribution in [3.63, 3.8) is 0 Å². The predicted octanol–water partition coefficient (Wildman–Crippen LogP) is 2.41. The Morgan fingerprint density at radius 2 is 1.42 bits per heavy atom. The monoisotopic (exact) mass is 186 g/mol. The summed E-state index contributed by atoms with van der Waals surface area (Å²) in [6.45, 7) is 14.2. The second kappa shape index (κ2) is 2.86. The SMILES string of the molecule is CC(C)(C)CC1(C)CC1(C)C.[SiH4]. The highest BCUT2D eigenvalue weighted by Gasteiger charge is 2.57. The summed E-state index contributed by atoms with van der Waals surface area (Å²) < 4.78 is 0. The molecular weight excluding hydrogens is 160 g/mol. The Hall–Kier alpha value is 0.217. The lowest BCUT2D eigenvalue weighted by Crippen LogP contribution is -2.15. The third-order valence-electron chi connectivity index (χ3n) is 3.26. The average molecular weight is 186 g/mol. The van der Waals surface area contributed by atoms with Crippen LogP contribution < -0.4 is 0 Å². The van der Waals surface area contributed by atoms with Crippen molar-refractivity contribution in [1.82, 2.24) is 0 Å². The van der Waals surface area contributed by atoms with Crippen molar-refractivity contribution in [3.8, 4) is 0 Å². The minimum Gasteiger partial charge on any atom is -0.0602 e. The van der Waals surface area contributed by atoms with Crippen LogP contribution in [0.5, 0.6) is 0 Å². The first-order valence-corrected chi connectivity index (χ1v) is 4.66. The van der Waals surface area contributed by atoms with Crippen LogP contribution in [0.2, 0.25) is 0 Å². The first-order valence-electron chi connectivity index (χ1n) is 4.66. The van der Waals surface area contributed by atoms with Crippen LogP contribution in [0, 0.1) is 16.2 Å². The van der Waals surface area contributed by atoms with E-state index in [1.54, 1.807) is 0 Å². The van der Waals surface area contributed by atoms with Gasteiger partial charge in [-0.15, -0.1) is 0 Å². The van der Waals surface area contributed by atoms with Gasteiger partial charge < -0.3 is 0 Å². The highest BCUT2D eigenvalue weighted by atomic mass is 28.1. The van der Waals surface area contributed by atoms with E-state index in [1.165, 1.54) is 12.8 Å². The van der Waals surface area contributed by atoms with Crippen LogP contribution in [0.25, 0.3) is 0 Å². The van der Waals surface area contributed by atoms with E-state index in [0.29, 0.717) is 16.2 Å². The molecule has 0 heterocycles. The van der Waals surface area contributed by atoms with Crippen LogP contribution in [-0.2, 0) is 0 Å². The van der Waals surface area contributed by atoms with Gasteiger partial charge in [0.1, 0.15) is 0 Å². The summed E-state index contributed by atoms with van der Waals surface area (Å²) in [5, 5.41) is 0. The smallest absolute Gasteiger partial charge is 0.0149 e. The minimum absolute atomic E-state index is 0. The maximum Gasteiger partial charge on any atom is -0.0149 e. The van der Waals surface area contributed by atoms with E-state index in [1.807, 2.05) is 0 Å². The van der Waals surface area contributed by atoms with Gasteiger partial charge in [-0.3, -0.25) is 0 Å². The van der Waals surface area contributed by atoms with Crippen molar-refractivity contribution >= 4 is 11.0 Å². The lowest BCUT2D eigenvalue weighted by molar-refractivity contribution is 0.252. The molecule has 1 rings (SSSR count). The van der Waals surface area contributed by atoms with Gasteiger partial charge >= 0.3 is 0 Å². The van der Waals surface area contributed by atoms with Crippen molar-refractivity contribution in [2.45, 2.75) is 54.4 Å². The standard InChI is InChI=1S/C11H22.H4Si/c1-9(2,3)7-11(6)8-10(11,4)5;/h7-8H2,1-6H3;1H4. The molecule has 0 amide bonds. The molecule has 0 saturated heterocycles. The van der Waals surface area contributed by atoms with Gasteiger partial charge in [0, 0.05) is 0 Å². The number of hydrogen-bond acceptors (Lipinski definition) is 0. The molecule has 0 bridgehead atoms. The molecular formula is C11H26Si. The second-order valence-corrected chi connectivity index (χ2v) is 6.36. The van der Waals surface area contributed by atoms with E-state index in [0.717, 1.165) is 0 Å². The Kier molecular flexibility index (Phi) is 2.92. The molecule has 0 nitrogen and oxygen atoms in total. The Balaban J connectivity index is 0.00000121. The molecule has 1 atom stereocenters. The summed E-state index contributed by atoms with van der Waals surface area (Å²) in [7, 11) is 0. The molecule has 1 fully saturated rings. The van der Waals surface area contributed by atoms with Crippen LogP contribution in [0.3, 0.4) is 0 Å². The lowest BCUT2D eigenvalue weighted by atomic mass is 9.80. The highest BCUT2D eigenvalue weighted by Crippen LogP contribution is 2.67. The van der Waals surface area contributed by atoms with E-state index in [2.05, 4.69) is 41.5 Å². The number of rotatable bonds is 1. The van der Waals surface area contributed by atoms with Crippen molar-refractivity contribution in [1.29, 1.82) is 0 Å². The summed E-state index contributed by atoms with van der Waals surface area (Å²) in [5.41, 5.74) is 1.74. The molecule has 0 aromatic rings. The van der Waals surface area contributed by atoms with E-state index in [4.69, 9.17) is 0 Å². The van der Waals surface area contributed by atoms with E-state index in [-0.39, 0.29) is 11.0 Å². The van der Waals surface area contributed by atoms with Crippen molar-refractivity contribution in [2.24, 2.45) is 16.2 Å². The van der Waals surface area contributed by atoms with Crippen molar-refractivity contribution < 1.29 is 0 Å². The summed E-state index contributed by atoms with van der Waals surface area (Å²) in [5.74, 6) is 0. The van der Waals surface area contributed by atoms with E-state index in [9.17, 15) is 0 Å². The van der Waals surface area contributed by atoms with Gasteiger partial charge in [0.25, 0.3) is 0 Å². The molecule has 1 saturated carbocycles. The normalized spacial score (nSPS) is 32.5. The molecule has 1 aliphatic carbocycles. The molecule has 0 N–H and O–H groups in total. The maximum atomic E-state index is 2.43. The number of hydrogen-bond donors (Lipinski definition) is 0. The summed E-state index contributed by atoms with van der Waals surface area (Å²) in [6.07, 6.45) is 2.78. The van der Waals surface area contributed by atoms with Gasteiger partial charge in [0.2, 0.25) is 0 Å². The first-order chi connectivity index (χ1) is 4.66. The van der Waals surface area contributed by atoms with E-state index < -0.39 is 0 Å². The van der Waals surface area contributed by atoms with Gasteiger partial charge in [0.05, 0.1) is 0 Å². The molecule has 0 radical (unpaired) electrons. The molecule has 0 aliphatic heterocycles. The van der Waals surface area contributed by atoms with Crippen LogP contribution in [0.4, 0.5) is 0 Å². The molecule has 0 aromatic carbocycles. The zero-order valence-corrected chi connectivity index (χ0v) is 8.91. The Morgan fingerprint density at radius 3 is 1.50 bits per heavy atom. The Bertz CT molecular complexity index is 164. The molecule has 1 heteroatoms. The van der Waals surface area contributed by atoms with Gasteiger partial charge in [-0.2, -0.15) is 0 Å². The fraction of sp³-hybridized carbons (Fsp3) is 1.00. The molecule has 0 spiro atoms. The maximum absolute atomic E-state index is 2.43. The highest BCUT2D eigenvalue weighted by molar-refractivity contribution is 5.75. The summed E-state index contributed by atoms with van der Waals surface area (Å²) in [4.78, 5) is 0. The van der Waals surface area contributed by atoms with Crippen molar-refractivity contribution in [3.05, 3.63) is 0 Å². The zero-order valence-electron chi connectivity index (χ0n) is 8.91. The Morgan fingerprint density at radius 1 is 1.08 bits per heavy atom. The largest absolute Gasteiger partial charge is 0.0602 e. The molecule has 74 valence electrons. The average Bonchev–Trinajstić information content (AvgIpc) is 1.96. The molecule has 1 unspecified atom stereocenters. The summed E-state index contributed by atoms with van der Waals surface area (Å²) in [6, 6.07) is 0. The molecule has 1 aliphatic rings. The first kappa shape index (κ1) is 12.2. The van der Waals surface area contributed by atoms with Crippen LogP contribution in [0.15, 0.2) is 0 Å². The van der Waals surface area contributed by atoms with Crippen molar-refractivity contribution in [2.75, 3.05) is 0 Å². The lowest BCUT2D eigenvalue weighted by Gasteiger charge is -2.25. The topological polar surface area (TPSA) is 0 Å². The van der Waals surface area contributed by atoms with Gasteiger partial charge in [-0.1, -0.05) is 41.5 Å². The van der Waals surface area contributed by atoms with Gasteiger partial charge in [-0.25, -0.2) is 0 Å². The third-order valence-corrected chi connectivity index (χ3v) is 3.26. The third kappa shape index (κ3) is 2.35. The Labute approximate surface area is 82.2 Å². The zero-order chi connectivity index (χ0) is 8.91. The predicted molar refractivity (Wildman–Crippen MR) is 61.9 cm³/mol.